The van der Waals surface area contributed by atoms with Gasteiger partial charge in [-0.3, -0.25) is 14.9 Å². The zero-order chi connectivity index (χ0) is 19.5. The molecule has 0 bridgehead atoms. The molecule has 0 spiro atoms. The molecule has 147 valence electrons. The van der Waals surface area contributed by atoms with E-state index in [1.54, 1.807) is 12.1 Å². The van der Waals surface area contributed by atoms with Crippen LogP contribution in [0.2, 0.25) is 0 Å². The molecule has 1 aliphatic rings. The first-order valence-electron chi connectivity index (χ1n) is 10.1. The molecule has 0 aliphatic carbocycles. The molecule has 1 atom stereocenters. The van der Waals surface area contributed by atoms with Gasteiger partial charge in [0.15, 0.2) is 0 Å². The molecule has 0 N–H and O–H groups in total. The second-order valence-electron chi connectivity index (χ2n) is 6.93. The van der Waals surface area contributed by atoms with Crippen molar-refractivity contribution in [1.82, 2.24) is 5.32 Å². The predicted molar refractivity (Wildman–Crippen MR) is 111 cm³/mol. The summed E-state index contributed by atoms with van der Waals surface area (Å²) in [6.07, 6.45) is 14.1. The Morgan fingerprint density at radius 3 is 2.41 bits per heavy atom. The van der Waals surface area contributed by atoms with Crippen molar-refractivity contribution in [3.63, 3.8) is 0 Å². The summed E-state index contributed by atoms with van der Waals surface area (Å²) < 4.78 is 0. The van der Waals surface area contributed by atoms with Gasteiger partial charge in [0.25, 0.3) is 0 Å². The summed E-state index contributed by atoms with van der Waals surface area (Å²) in [5.74, 6) is -0.337. The Morgan fingerprint density at radius 1 is 1.04 bits per heavy atom. The standard InChI is InChI=1S/C22H30ClN2O2/c1-2-3-4-5-6-7-8-9-10-15-20(23)24-18-13-11-12-14-19(18)25-21(26)16-17-22(25)27/h7-8,11-14,20H,2-6,9-10,15-17H2,1H3/b8-7+. The van der Waals surface area contributed by atoms with Crippen LogP contribution in [0, 0.1) is 0 Å². The second-order valence-corrected chi connectivity index (χ2v) is 7.43. The van der Waals surface area contributed by atoms with Crippen LogP contribution >= 0.6 is 11.6 Å². The summed E-state index contributed by atoms with van der Waals surface area (Å²) >= 11 is 6.38. The number of carbonyl (C=O) groups is 2. The Hall–Kier alpha value is -1.81. The Balaban J connectivity index is 1.76. The van der Waals surface area contributed by atoms with Crippen LogP contribution in [0.5, 0.6) is 0 Å². The maximum Gasteiger partial charge on any atom is 0.234 e. The maximum absolute atomic E-state index is 12.0. The minimum absolute atomic E-state index is 0.169. The van der Waals surface area contributed by atoms with Gasteiger partial charge in [0.2, 0.25) is 11.8 Å². The monoisotopic (exact) mass is 389 g/mol. The summed E-state index contributed by atoms with van der Waals surface area (Å²) in [6.45, 7) is 2.22. The highest BCUT2D eigenvalue weighted by Gasteiger charge is 2.32. The van der Waals surface area contributed by atoms with E-state index >= 15 is 0 Å². The van der Waals surface area contributed by atoms with E-state index in [-0.39, 0.29) is 30.2 Å². The highest BCUT2D eigenvalue weighted by molar-refractivity contribution is 6.22. The molecule has 1 aromatic rings. The molecule has 1 aliphatic heterocycles. The molecule has 5 heteroatoms. The molecule has 2 amide bonds. The van der Waals surface area contributed by atoms with Crippen molar-refractivity contribution in [3.8, 4) is 0 Å². The highest BCUT2D eigenvalue weighted by atomic mass is 35.5. The average Bonchev–Trinajstić information content (AvgIpc) is 2.99. The first-order chi connectivity index (χ1) is 13.1. The number of unbranched alkanes of at least 4 members (excludes halogenated alkanes) is 5. The molecule has 1 heterocycles. The van der Waals surface area contributed by atoms with Crippen LogP contribution in [0.1, 0.15) is 71.1 Å². The first kappa shape index (κ1) is 21.5. The topological polar surface area (TPSA) is 51.5 Å². The predicted octanol–water partition coefficient (Wildman–Crippen LogP) is 5.84. The number of carbonyl (C=O) groups excluding carboxylic acids is 2. The largest absolute Gasteiger partial charge is 0.274 e. The van der Waals surface area contributed by atoms with Crippen LogP contribution < -0.4 is 10.2 Å². The molecule has 1 unspecified atom stereocenters. The van der Waals surface area contributed by atoms with Gasteiger partial charge in [-0.25, -0.2) is 4.90 Å². The van der Waals surface area contributed by atoms with E-state index in [4.69, 9.17) is 11.6 Å². The van der Waals surface area contributed by atoms with Gasteiger partial charge < -0.3 is 0 Å². The molecule has 27 heavy (non-hydrogen) atoms. The first-order valence-corrected chi connectivity index (χ1v) is 10.5. The van der Waals surface area contributed by atoms with Gasteiger partial charge in [-0.2, -0.15) is 0 Å². The fourth-order valence-corrected chi connectivity index (χ4v) is 3.41. The quantitative estimate of drug-likeness (QED) is 0.148. The average molecular weight is 390 g/mol. The normalized spacial score (nSPS) is 15.7. The summed E-state index contributed by atoms with van der Waals surface area (Å²) in [7, 11) is 0. The molecule has 0 aromatic heterocycles. The molecular formula is C22H30ClN2O2. The number of alkyl halides is 1. The summed E-state index contributed by atoms with van der Waals surface area (Å²) in [6, 6.07) is 7.21. The van der Waals surface area contributed by atoms with E-state index in [0.717, 1.165) is 25.7 Å². The van der Waals surface area contributed by atoms with Crippen LogP contribution in [0.25, 0.3) is 0 Å². The fourth-order valence-electron chi connectivity index (χ4n) is 3.15. The molecule has 0 saturated carbocycles. The van der Waals surface area contributed by atoms with Crippen molar-refractivity contribution in [2.45, 2.75) is 76.6 Å². The maximum atomic E-state index is 12.0. The molecule has 1 aromatic carbocycles. The minimum Gasteiger partial charge on any atom is -0.274 e. The Kier molecular flexibility index (Phi) is 9.40. The van der Waals surface area contributed by atoms with Crippen molar-refractivity contribution >= 4 is 34.8 Å². The van der Waals surface area contributed by atoms with Gasteiger partial charge in [-0.1, -0.05) is 62.1 Å². The third-order valence-corrected chi connectivity index (χ3v) is 4.97. The van der Waals surface area contributed by atoms with Gasteiger partial charge >= 0.3 is 0 Å². The lowest BCUT2D eigenvalue weighted by Gasteiger charge is -2.19. The summed E-state index contributed by atoms with van der Waals surface area (Å²) in [5.41, 5.74) is 0.784. The Morgan fingerprint density at radius 2 is 1.70 bits per heavy atom. The lowest BCUT2D eigenvalue weighted by atomic mass is 10.1. The van der Waals surface area contributed by atoms with Crippen molar-refractivity contribution in [1.29, 1.82) is 0 Å². The van der Waals surface area contributed by atoms with Crippen molar-refractivity contribution in [2.24, 2.45) is 0 Å². The van der Waals surface area contributed by atoms with Gasteiger partial charge in [0, 0.05) is 12.8 Å². The number of hydrogen-bond donors (Lipinski definition) is 0. The van der Waals surface area contributed by atoms with E-state index < -0.39 is 0 Å². The number of hydrogen-bond acceptors (Lipinski definition) is 2. The Labute approximate surface area is 168 Å². The van der Waals surface area contributed by atoms with Crippen molar-refractivity contribution in [3.05, 3.63) is 36.4 Å². The SMILES string of the molecule is CCCCCC/C=C/CCCC(Cl)[N]c1ccccc1N1C(=O)CCC1=O. The van der Waals surface area contributed by atoms with Crippen molar-refractivity contribution < 1.29 is 9.59 Å². The zero-order valence-electron chi connectivity index (χ0n) is 16.2. The fraction of sp³-hybridized carbons (Fsp3) is 0.545. The number of imide groups is 1. The minimum atomic E-state index is -0.364. The van der Waals surface area contributed by atoms with Crippen LogP contribution in [0.3, 0.4) is 0 Å². The smallest absolute Gasteiger partial charge is 0.234 e. The second kappa shape index (κ2) is 11.8. The number of para-hydroxylation sites is 2. The van der Waals surface area contributed by atoms with E-state index in [9.17, 15) is 9.59 Å². The molecule has 4 nitrogen and oxygen atoms in total. The lowest BCUT2D eigenvalue weighted by molar-refractivity contribution is -0.121. The van der Waals surface area contributed by atoms with Crippen LogP contribution in [-0.2, 0) is 9.59 Å². The van der Waals surface area contributed by atoms with Crippen LogP contribution in [0.15, 0.2) is 36.4 Å². The highest BCUT2D eigenvalue weighted by Crippen LogP contribution is 2.31. The number of allylic oxidation sites excluding steroid dienone is 2. The van der Waals surface area contributed by atoms with E-state index in [1.165, 1.54) is 30.6 Å². The van der Waals surface area contributed by atoms with Gasteiger partial charge in [0.05, 0.1) is 11.4 Å². The third-order valence-electron chi connectivity index (χ3n) is 4.66. The van der Waals surface area contributed by atoms with E-state index in [1.807, 2.05) is 12.1 Å². The number of benzene rings is 1. The van der Waals surface area contributed by atoms with Gasteiger partial charge in [-0.15, -0.1) is 0 Å². The number of anilines is 1. The number of rotatable bonds is 12. The van der Waals surface area contributed by atoms with Gasteiger partial charge in [0.1, 0.15) is 5.50 Å². The summed E-state index contributed by atoms with van der Waals surface area (Å²) in [5, 5.41) is 4.54. The molecule has 1 saturated heterocycles. The van der Waals surface area contributed by atoms with Crippen LogP contribution in [-0.4, -0.2) is 17.3 Å². The zero-order valence-corrected chi connectivity index (χ0v) is 17.0. The van der Waals surface area contributed by atoms with Crippen molar-refractivity contribution in [2.75, 3.05) is 4.90 Å². The molecular weight excluding hydrogens is 360 g/mol. The Bertz CT molecular complexity index is 629. The molecule has 1 radical (unpaired) electrons. The van der Waals surface area contributed by atoms with Gasteiger partial charge in [-0.05, 0) is 44.2 Å². The molecule has 1 fully saturated rings. The van der Waals surface area contributed by atoms with E-state index in [0.29, 0.717) is 11.4 Å². The number of halogens is 1. The number of nitrogens with zero attached hydrogens (tertiary/aromatic N) is 2. The molecule has 2 rings (SSSR count). The third kappa shape index (κ3) is 7.02. The van der Waals surface area contributed by atoms with Crippen LogP contribution in [0.4, 0.5) is 11.4 Å². The number of amides is 2. The lowest BCUT2D eigenvalue weighted by Crippen LogP contribution is -2.29. The summed E-state index contributed by atoms with van der Waals surface area (Å²) in [4.78, 5) is 25.2. The van der Waals surface area contributed by atoms with E-state index in [2.05, 4.69) is 24.4 Å².